The number of benzene rings is 1. The number of hydrogen-bond acceptors (Lipinski definition) is 2. The first kappa shape index (κ1) is 17.6. The number of alkyl halides is 4. The molecule has 0 aromatic heterocycles. The molecule has 7 heteroatoms. The van der Waals surface area contributed by atoms with E-state index in [-0.39, 0.29) is 30.8 Å². The zero-order chi connectivity index (χ0) is 17.5. The van der Waals surface area contributed by atoms with E-state index in [1.165, 1.54) is 6.07 Å². The van der Waals surface area contributed by atoms with Crippen molar-refractivity contribution in [3.05, 3.63) is 35.1 Å². The lowest BCUT2D eigenvalue weighted by molar-refractivity contribution is -0.134. The number of halogens is 5. The molecule has 134 valence electrons. The fraction of sp³-hybridized carbons (Fsp3) is 0.647. The SMILES string of the molecule is CC1CN(C(c2ccc(C(F)F)c(F)c2)C2CC(F)(F)C2)CCN1. The molecule has 1 heterocycles. The van der Waals surface area contributed by atoms with E-state index < -0.39 is 23.7 Å². The summed E-state index contributed by atoms with van der Waals surface area (Å²) >= 11 is 0. The highest BCUT2D eigenvalue weighted by molar-refractivity contribution is 5.29. The number of hydrogen-bond donors (Lipinski definition) is 1. The van der Waals surface area contributed by atoms with Crippen LogP contribution in [0.4, 0.5) is 22.0 Å². The molecule has 1 aliphatic heterocycles. The molecule has 0 amide bonds. The van der Waals surface area contributed by atoms with Crippen molar-refractivity contribution in [2.75, 3.05) is 19.6 Å². The van der Waals surface area contributed by atoms with Gasteiger partial charge in [0.15, 0.2) is 0 Å². The number of rotatable bonds is 4. The highest BCUT2D eigenvalue weighted by Crippen LogP contribution is 2.50. The summed E-state index contributed by atoms with van der Waals surface area (Å²) in [6.07, 6.45) is -3.37. The summed E-state index contributed by atoms with van der Waals surface area (Å²) in [4.78, 5) is 2.07. The summed E-state index contributed by atoms with van der Waals surface area (Å²) in [5, 5.41) is 3.28. The third kappa shape index (κ3) is 3.57. The predicted molar refractivity (Wildman–Crippen MR) is 80.8 cm³/mol. The lowest BCUT2D eigenvalue weighted by atomic mass is 9.73. The van der Waals surface area contributed by atoms with E-state index in [2.05, 4.69) is 10.2 Å². The van der Waals surface area contributed by atoms with Gasteiger partial charge in [0.1, 0.15) is 5.82 Å². The summed E-state index contributed by atoms with van der Waals surface area (Å²) in [7, 11) is 0. The van der Waals surface area contributed by atoms with Gasteiger partial charge in [0.25, 0.3) is 6.43 Å². The lowest BCUT2D eigenvalue weighted by Gasteiger charge is -2.47. The standard InChI is InChI=1S/C17H21F5N2/c1-10-9-24(5-4-23-10)15(12-7-17(21,22)8-12)11-2-3-13(16(19)20)14(18)6-11/h2-3,6,10,12,15-16,23H,4-5,7-9H2,1H3. The van der Waals surface area contributed by atoms with Gasteiger partial charge in [0, 0.05) is 44.6 Å². The van der Waals surface area contributed by atoms with Crippen LogP contribution in [0.15, 0.2) is 18.2 Å². The monoisotopic (exact) mass is 348 g/mol. The molecule has 2 nitrogen and oxygen atoms in total. The third-order valence-corrected chi connectivity index (χ3v) is 4.96. The Kier molecular flexibility index (Phi) is 4.84. The average molecular weight is 348 g/mol. The van der Waals surface area contributed by atoms with E-state index in [0.717, 1.165) is 18.7 Å². The zero-order valence-corrected chi connectivity index (χ0v) is 13.4. The van der Waals surface area contributed by atoms with Crippen molar-refractivity contribution >= 4 is 0 Å². The van der Waals surface area contributed by atoms with Crippen LogP contribution in [0.25, 0.3) is 0 Å². The molecular formula is C17H21F5N2. The first-order chi connectivity index (χ1) is 11.3. The Morgan fingerprint density at radius 2 is 1.96 bits per heavy atom. The normalized spacial score (nSPS) is 26.4. The molecule has 24 heavy (non-hydrogen) atoms. The molecule has 1 aromatic carbocycles. The first-order valence-corrected chi connectivity index (χ1v) is 8.19. The third-order valence-electron chi connectivity index (χ3n) is 4.96. The highest BCUT2D eigenvalue weighted by Gasteiger charge is 2.50. The van der Waals surface area contributed by atoms with E-state index in [1.807, 2.05) is 6.92 Å². The maximum atomic E-state index is 14.0. The van der Waals surface area contributed by atoms with Crippen LogP contribution in [0.2, 0.25) is 0 Å². The Morgan fingerprint density at radius 3 is 2.50 bits per heavy atom. The van der Waals surface area contributed by atoms with Crippen molar-refractivity contribution in [2.24, 2.45) is 5.92 Å². The van der Waals surface area contributed by atoms with Gasteiger partial charge in [0.05, 0.1) is 5.56 Å². The minimum absolute atomic E-state index is 0.201. The predicted octanol–water partition coefficient (Wildman–Crippen LogP) is 4.14. The maximum absolute atomic E-state index is 14.0. The minimum Gasteiger partial charge on any atom is -0.312 e. The fourth-order valence-electron chi connectivity index (χ4n) is 3.83. The van der Waals surface area contributed by atoms with E-state index in [4.69, 9.17) is 0 Å². The molecule has 2 atom stereocenters. The second-order valence-corrected chi connectivity index (χ2v) is 6.90. The summed E-state index contributed by atoms with van der Waals surface area (Å²) in [6, 6.07) is 3.46. The molecule has 0 spiro atoms. The molecule has 3 rings (SSSR count). The van der Waals surface area contributed by atoms with Crippen LogP contribution in [-0.2, 0) is 0 Å². The highest BCUT2D eigenvalue weighted by atomic mass is 19.3. The van der Waals surface area contributed by atoms with Gasteiger partial charge in [-0.25, -0.2) is 22.0 Å². The molecule has 2 fully saturated rings. The van der Waals surface area contributed by atoms with Gasteiger partial charge in [-0.3, -0.25) is 4.90 Å². The second kappa shape index (κ2) is 6.59. The Morgan fingerprint density at radius 1 is 1.25 bits per heavy atom. The molecule has 1 saturated heterocycles. The fourth-order valence-corrected chi connectivity index (χ4v) is 3.83. The quantitative estimate of drug-likeness (QED) is 0.823. The molecule has 2 aliphatic rings. The lowest BCUT2D eigenvalue weighted by Crippen LogP contribution is -2.54. The van der Waals surface area contributed by atoms with Gasteiger partial charge in [-0.1, -0.05) is 12.1 Å². The summed E-state index contributed by atoms with van der Waals surface area (Å²) in [5.41, 5.74) is -0.142. The van der Waals surface area contributed by atoms with Crippen LogP contribution >= 0.6 is 0 Å². The zero-order valence-electron chi connectivity index (χ0n) is 13.4. The molecule has 2 unspecified atom stereocenters. The molecule has 1 saturated carbocycles. The average Bonchev–Trinajstić information content (AvgIpc) is 2.45. The number of nitrogens with one attached hydrogen (secondary N) is 1. The van der Waals surface area contributed by atoms with Crippen LogP contribution in [0.3, 0.4) is 0 Å². The Balaban J connectivity index is 1.88. The van der Waals surface area contributed by atoms with Gasteiger partial charge < -0.3 is 5.32 Å². The van der Waals surface area contributed by atoms with Gasteiger partial charge >= 0.3 is 0 Å². The van der Waals surface area contributed by atoms with Crippen molar-refractivity contribution in [3.63, 3.8) is 0 Å². The molecular weight excluding hydrogens is 327 g/mol. The first-order valence-electron chi connectivity index (χ1n) is 8.19. The Bertz CT molecular complexity index is 584. The van der Waals surface area contributed by atoms with Crippen LogP contribution < -0.4 is 5.32 Å². The Labute approximate surface area is 138 Å². The summed E-state index contributed by atoms with van der Waals surface area (Å²) in [6.45, 7) is 4.04. The van der Waals surface area contributed by atoms with Crippen molar-refractivity contribution in [3.8, 4) is 0 Å². The van der Waals surface area contributed by atoms with E-state index in [9.17, 15) is 22.0 Å². The van der Waals surface area contributed by atoms with Crippen molar-refractivity contribution < 1.29 is 22.0 Å². The smallest absolute Gasteiger partial charge is 0.266 e. The number of nitrogens with zero attached hydrogens (tertiary/aromatic N) is 1. The molecule has 1 N–H and O–H groups in total. The van der Waals surface area contributed by atoms with Gasteiger partial charge in [-0.15, -0.1) is 0 Å². The van der Waals surface area contributed by atoms with Gasteiger partial charge in [-0.05, 0) is 24.5 Å². The van der Waals surface area contributed by atoms with Crippen LogP contribution in [0, 0.1) is 11.7 Å². The second-order valence-electron chi connectivity index (χ2n) is 6.90. The van der Waals surface area contributed by atoms with E-state index in [1.54, 1.807) is 0 Å². The molecule has 1 aliphatic carbocycles. The largest absolute Gasteiger partial charge is 0.312 e. The van der Waals surface area contributed by atoms with E-state index >= 15 is 0 Å². The van der Waals surface area contributed by atoms with Gasteiger partial charge in [0.2, 0.25) is 5.92 Å². The van der Waals surface area contributed by atoms with Crippen molar-refractivity contribution in [1.29, 1.82) is 0 Å². The summed E-state index contributed by atoms with van der Waals surface area (Å²) < 4.78 is 66.2. The molecule has 0 radical (unpaired) electrons. The molecule has 1 aromatic rings. The number of piperazine rings is 1. The summed E-state index contributed by atoms with van der Waals surface area (Å²) in [5.74, 6) is -3.94. The van der Waals surface area contributed by atoms with Crippen LogP contribution in [-0.4, -0.2) is 36.5 Å². The molecule has 0 bridgehead atoms. The van der Waals surface area contributed by atoms with Gasteiger partial charge in [-0.2, -0.15) is 0 Å². The van der Waals surface area contributed by atoms with Crippen molar-refractivity contribution in [1.82, 2.24) is 10.2 Å². The van der Waals surface area contributed by atoms with Crippen LogP contribution in [0.1, 0.15) is 43.4 Å². The van der Waals surface area contributed by atoms with Crippen LogP contribution in [0.5, 0.6) is 0 Å². The topological polar surface area (TPSA) is 15.3 Å². The van der Waals surface area contributed by atoms with E-state index in [0.29, 0.717) is 18.7 Å². The van der Waals surface area contributed by atoms with Crippen molar-refractivity contribution in [2.45, 2.75) is 44.2 Å². The maximum Gasteiger partial charge on any atom is 0.266 e. The Hall–Kier alpha value is -1.21. The minimum atomic E-state index is -2.88.